The highest BCUT2D eigenvalue weighted by Crippen LogP contribution is 2.39. The Kier molecular flexibility index (Phi) is 5.75. The molecule has 1 aromatic rings. The minimum absolute atomic E-state index is 0. The second kappa shape index (κ2) is 6.91. The van der Waals surface area contributed by atoms with Crippen LogP contribution in [0, 0.1) is 5.92 Å². The Labute approximate surface area is 131 Å². The fraction of sp³-hybridized carbons (Fsp3) is 0.467. The number of nitrogens with one attached hydrogen (secondary N) is 2. The molecule has 21 heavy (non-hydrogen) atoms. The molecule has 6 heteroatoms. The number of hydrogen-bond donors (Lipinski definition) is 3. The van der Waals surface area contributed by atoms with E-state index in [2.05, 4.69) is 10.6 Å². The molecule has 1 unspecified atom stereocenters. The lowest BCUT2D eigenvalue weighted by atomic mass is 9.95. The number of nitrogens with two attached hydrogens (primary N) is 1. The monoisotopic (exact) mass is 311 g/mol. The van der Waals surface area contributed by atoms with Gasteiger partial charge in [-0.05, 0) is 43.9 Å². The summed E-state index contributed by atoms with van der Waals surface area (Å²) in [6.07, 6.45) is 2.21. The van der Waals surface area contributed by atoms with Gasteiger partial charge in [0.1, 0.15) is 0 Å². The van der Waals surface area contributed by atoms with Crippen molar-refractivity contribution in [3.63, 3.8) is 0 Å². The lowest BCUT2D eigenvalue weighted by molar-refractivity contribution is 0.0898. The van der Waals surface area contributed by atoms with E-state index < -0.39 is 0 Å². The quantitative estimate of drug-likeness (QED) is 0.767. The van der Waals surface area contributed by atoms with Gasteiger partial charge in [-0.2, -0.15) is 0 Å². The average molecular weight is 312 g/mol. The first-order valence-electron chi connectivity index (χ1n) is 6.85. The van der Waals surface area contributed by atoms with Gasteiger partial charge in [0.05, 0.1) is 5.54 Å². The molecular formula is C15H22ClN3O2. The first kappa shape index (κ1) is 17.5. The molecule has 0 radical (unpaired) electrons. The third-order valence-corrected chi connectivity index (χ3v) is 3.92. The van der Waals surface area contributed by atoms with Gasteiger partial charge < -0.3 is 16.4 Å². The highest BCUT2D eigenvalue weighted by molar-refractivity contribution is 5.99. The van der Waals surface area contributed by atoms with E-state index in [0.29, 0.717) is 23.6 Å². The second-order valence-electron chi connectivity index (χ2n) is 5.51. The predicted molar refractivity (Wildman–Crippen MR) is 84.7 cm³/mol. The van der Waals surface area contributed by atoms with Gasteiger partial charge in [0.2, 0.25) is 0 Å². The zero-order chi connectivity index (χ0) is 14.8. The number of rotatable bonds is 5. The summed E-state index contributed by atoms with van der Waals surface area (Å²) in [5.74, 6) is 0.0672. The van der Waals surface area contributed by atoms with Crippen molar-refractivity contribution in [2.75, 3.05) is 13.6 Å². The molecule has 116 valence electrons. The SMILES string of the molecule is CNC(=O)c1cccc(C(=O)NC(C)(CN)C2CC2)c1.Cl. The topological polar surface area (TPSA) is 84.2 Å². The van der Waals surface area contributed by atoms with E-state index in [4.69, 9.17) is 5.73 Å². The van der Waals surface area contributed by atoms with Crippen molar-refractivity contribution in [2.45, 2.75) is 25.3 Å². The Hall–Kier alpha value is -1.59. The van der Waals surface area contributed by atoms with Crippen LogP contribution in [0.1, 0.15) is 40.5 Å². The molecule has 0 aromatic heterocycles. The van der Waals surface area contributed by atoms with Crippen molar-refractivity contribution in [1.29, 1.82) is 0 Å². The van der Waals surface area contributed by atoms with Gasteiger partial charge in [-0.25, -0.2) is 0 Å². The molecule has 2 amide bonds. The molecule has 0 bridgehead atoms. The summed E-state index contributed by atoms with van der Waals surface area (Å²) in [6.45, 7) is 2.39. The maximum Gasteiger partial charge on any atom is 0.251 e. The lowest BCUT2D eigenvalue weighted by Gasteiger charge is -2.29. The molecule has 0 heterocycles. The number of benzene rings is 1. The van der Waals surface area contributed by atoms with Crippen LogP contribution in [0.5, 0.6) is 0 Å². The summed E-state index contributed by atoms with van der Waals surface area (Å²) in [5.41, 5.74) is 6.39. The fourth-order valence-electron chi connectivity index (χ4n) is 2.32. The fourth-order valence-corrected chi connectivity index (χ4v) is 2.32. The molecule has 1 aliphatic rings. The lowest BCUT2D eigenvalue weighted by Crippen LogP contribution is -2.53. The molecule has 1 saturated carbocycles. The highest BCUT2D eigenvalue weighted by Gasteiger charge is 2.41. The second-order valence-corrected chi connectivity index (χ2v) is 5.51. The van der Waals surface area contributed by atoms with Crippen molar-refractivity contribution in [2.24, 2.45) is 11.7 Å². The molecule has 1 aromatic carbocycles. The van der Waals surface area contributed by atoms with Crippen LogP contribution in [0.25, 0.3) is 0 Å². The van der Waals surface area contributed by atoms with Crippen LogP contribution in [0.2, 0.25) is 0 Å². The molecular weight excluding hydrogens is 290 g/mol. The predicted octanol–water partition coefficient (Wildman–Crippen LogP) is 1.33. The molecule has 0 aliphatic heterocycles. The summed E-state index contributed by atoms with van der Waals surface area (Å²) in [6, 6.07) is 6.68. The molecule has 4 N–H and O–H groups in total. The highest BCUT2D eigenvalue weighted by atomic mass is 35.5. The Bertz CT molecular complexity index is 531. The van der Waals surface area contributed by atoms with Gasteiger partial charge in [-0.3, -0.25) is 9.59 Å². The Morgan fingerprint density at radius 3 is 2.33 bits per heavy atom. The van der Waals surface area contributed by atoms with Crippen molar-refractivity contribution >= 4 is 24.2 Å². The van der Waals surface area contributed by atoms with Crippen LogP contribution < -0.4 is 16.4 Å². The summed E-state index contributed by atoms with van der Waals surface area (Å²) in [4.78, 5) is 23.9. The Balaban J connectivity index is 0.00000220. The van der Waals surface area contributed by atoms with Gasteiger partial charge in [-0.15, -0.1) is 12.4 Å². The third-order valence-electron chi connectivity index (χ3n) is 3.92. The smallest absolute Gasteiger partial charge is 0.251 e. The van der Waals surface area contributed by atoms with Gasteiger partial charge in [0.15, 0.2) is 0 Å². The van der Waals surface area contributed by atoms with Crippen LogP contribution in [0.3, 0.4) is 0 Å². The minimum atomic E-state index is -0.361. The van der Waals surface area contributed by atoms with Crippen molar-refractivity contribution in [1.82, 2.24) is 10.6 Å². The molecule has 1 atom stereocenters. The van der Waals surface area contributed by atoms with Gasteiger partial charge >= 0.3 is 0 Å². The number of hydrogen-bond acceptors (Lipinski definition) is 3. The molecule has 5 nitrogen and oxygen atoms in total. The molecule has 1 aliphatic carbocycles. The van der Waals surface area contributed by atoms with Gasteiger partial charge in [-0.1, -0.05) is 6.07 Å². The Morgan fingerprint density at radius 1 is 1.29 bits per heavy atom. The van der Waals surface area contributed by atoms with E-state index >= 15 is 0 Å². The van der Waals surface area contributed by atoms with Crippen LogP contribution in [-0.4, -0.2) is 30.9 Å². The van der Waals surface area contributed by atoms with Crippen LogP contribution in [0.4, 0.5) is 0 Å². The van der Waals surface area contributed by atoms with Crippen molar-refractivity contribution in [3.8, 4) is 0 Å². The largest absolute Gasteiger partial charge is 0.355 e. The summed E-state index contributed by atoms with van der Waals surface area (Å²) in [7, 11) is 1.56. The maximum absolute atomic E-state index is 12.3. The van der Waals surface area contributed by atoms with E-state index in [1.54, 1.807) is 31.3 Å². The zero-order valence-electron chi connectivity index (χ0n) is 12.3. The first-order valence-corrected chi connectivity index (χ1v) is 6.85. The minimum Gasteiger partial charge on any atom is -0.355 e. The van der Waals surface area contributed by atoms with Crippen LogP contribution in [-0.2, 0) is 0 Å². The van der Waals surface area contributed by atoms with E-state index in [1.807, 2.05) is 6.92 Å². The van der Waals surface area contributed by atoms with Crippen LogP contribution in [0.15, 0.2) is 24.3 Å². The summed E-state index contributed by atoms with van der Waals surface area (Å²) < 4.78 is 0. The van der Waals surface area contributed by atoms with E-state index in [0.717, 1.165) is 12.8 Å². The molecule has 2 rings (SSSR count). The number of amides is 2. The number of carbonyl (C=O) groups excluding carboxylic acids is 2. The van der Waals surface area contributed by atoms with Crippen molar-refractivity contribution < 1.29 is 9.59 Å². The number of halogens is 1. The number of carbonyl (C=O) groups is 2. The average Bonchev–Trinajstić information content (AvgIpc) is 3.31. The van der Waals surface area contributed by atoms with Gasteiger partial charge in [0, 0.05) is 24.7 Å². The van der Waals surface area contributed by atoms with Gasteiger partial charge in [0.25, 0.3) is 11.8 Å². The van der Waals surface area contributed by atoms with E-state index in [1.165, 1.54) is 0 Å². The maximum atomic E-state index is 12.3. The Morgan fingerprint density at radius 2 is 1.86 bits per heavy atom. The summed E-state index contributed by atoms with van der Waals surface area (Å²) in [5, 5.41) is 5.55. The molecule has 0 saturated heterocycles. The third kappa shape index (κ3) is 3.95. The van der Waals surface area contributed by atoms with Crippen LogP contribution >= 0.6 is 12.4 Å². The normalized spacial score (nSPS) is 16.3. The molecule has 1 fully saturated rings. The standard InChI is InChI=1S/C15H21N3O2.ClH/c1-15(9-16,12-6-7-12)18-14(20)11-5-3-4-10(8-11)13(19)17-2;/h3-5,8,12H,6-7,9,16H2,1-2H3,(H,17,19)(H,18,20);1H. The first-order chi connectivity index (χ1) is 9.50. The molecule has 0 spiro atoms. The summed E-state index contributed by atoms with van der Waals surface area (Å²) >= 11 is 0. The van der Waals surface area contributed by atoms with Crippen molar-refractivity contribution in [3.05, 3.63) is 35.4 Å². The van der Waals surface area contributed by atoms with E-state index in [-0.39, 0.29) is 29.8 Å². The zero-order valence-corrected chi connectivity index (χ0v) is 13.1. The van der Waals surface area contributed by atoms with E-state index in [9.17, 15) is 9.59 Å².